The molecule has 1 N–H and O–H groups in total. The molecule has 3 aliphatic heterocycles. The molecule has 10 heteroatoms. The number of rotatable bonds is 6. The predicted octanol–water partition coefficient (Wildman–Crippen LogP) is 2.75. The summed E-state index contributed by atoms with van der Waals surface area (Å²) in [5.41, 5.74) is 0. The van der Waals surface area contributed by atoms with Crippen molar-refractivity contribution < 1.29 is 42.4 Å². The molecule has 9 nitrogen and oxygen atoms in total. The molecule has 0 aliphatic carbocycles. The minimum Gasteiger partial charge on any atom is -0.373 e. The van der Waals surface area contributed by atoms with E-state index in [1.54, 1.807) is 55.4 Å². The fraction of sp³-hybridized carbons (Fsp3) is 1.00. The molecule has 28 heavy (non-hydrogen) atoms. The highest BCUT2D eigenvalue weighted by Crippen LogP contribution is 2.68. The van der Waals surface area contributed by atoms with Gasteiger partial charge < -0.3 is 37.8 Å². The van der Waals surface area contributed by atoms with Gasteiger partial charge in [-0.2, -0.15) is 0 Å². The maximum absolute atomic E-state index is 14.0. The first-order valence-electron chi connectivity index (χ1n) is 9.71. The van der Waals surface area contributed by atoms with E-state index in [4.69, 9.17) is 32.7 Å². The monoisotopic (exact) mass is 424 g/mol. The SMILES string of the molecule is CC(C)OP(=O)(OC(C)C)[C@]1(O)[C@@H]([C@H]2COC(C)(C)O2)O[C@@H]2OC(C)(C)O[C@@H]21. The van der Waals surface area contributed by atoms with Crippen LogP contribution in [0.2, 0.25) is 0 Å². The summed E-state index contributed by atoms with van der Waals surface area (Å²) in [6.07, 6.45) is -4.77. The highest BCUT2D eigenvalue weighted by Gasteiger charge is 2.75. The van der Waals surface area contributed by atoms with Gasteiger partial charge in [-0.05, 0) is 55.4 Å². The van der Waals surface area contributed by atoms with Gasteiger partial charge in [-0.3, -0.25) is 4.57 Å². The lowest BCUT2D eigenvalue weighted by molar-refractivity contribution is -0.239. The molecule has 0 aromatic rings. The summed E-state index contributed by atoms with van der Waals surface area (Å²) in [5.74, 6) is -1.89. The number of ether oxygens (including phenoxy) is 5. The number of fused-ring (bicyclic) bond motifs is 1. The highest BCUT2D eigenvalue weighted by molar-refractivity contribution is 7.55. The van der Waals surface area contributed by atoms with Crippen LogP contribution in [0.5, 0.6) is 0 Å². The average molecular weight is 424 g/mol. The topological polar surface area (TPSA) is 102 Å². The zero-order valence-corrected chi connectivity index (χ0v) is 18.7. The average Bonchev–Trinajstić information content (AvgIpc) is 3.08. The van der Waals surface area contributed by atoms with Crippen LogP contribution in [0, 0.1) is 0 Å². The Morgan fingerprint density at radius 2 is 1.50 bits per heavy atom. The van der Waals surface area contributed by atoms with E-state index < -0.39 is 61.3 Å². The van der Waals surface area contributed by atoms with E-state index in [1.807, 2.05) is 0 Å². The van der Waals surface area contributed by atoms with Crippen LogP contribution >= 0.6 is 7.60 Å². The Morgan fingerprint density at radius 1 is 0.929 bits per heavy atom. The second-order valence-electron chi connectivity index (χ2n) is 8.94. The van der Waals surface area contributed by atoms with Crippen LogP contribution in [0.3, 0.4) is 0 Å². The Hall–Kier alpha value is -0.0900. The Bertz CT molecular complexity index is 621. The molecule has 0 radical (unpaired) electrons. The first-order chi connectivity index (χ1) is 12.7. The fourth-order valence-electron chi connectivity index (χ4n) is 3.81. The molecule has 3 aliphatic rings. The molecule has 0 unspecified atom stereocenters. The molecule has 0 aromatic carbocycles. The van der Waals surface area contributed by atoms with Crippen molar-refractivity contribution in [3.8, 4) is 0 Å². The van der Waals surface area contributed by atoms with Gasteiger partial charge in [0, 0.05) is 0 Å². The van der Waals surface area contributed by atoms with E-state index in [0.717, 1.165) is 0 Å². The van der Waals surface area contributed by atoms with Crippen LogP contribution < -0.4 is 0 Å². The molecule has 3 fully saturated rings. The maximum atomic E-state index is 14.0. The Kier molecular flexibility index (Phi) is 5.85. The van der Waals surface area contributed by atoms with Gasteiger partial charge in [0.2, 0.25) is 5.34 Å². The van der Waals surface area contributed by atoms with Crippen molar-refractivity contribution in [3.05, 3.63) is 0 Å². The third-order valence-corrected chi connectivity index (χ3v) is 7.47. The smallest absolute Gasteiger partial charge is 0.368 e. The van der Waals surface area contributed by atoms with Crippen LogP contribution in [0.1, 0.15) is 55.4 Å². The molecular weight excluding hydrogens is 391 g/mol. The van der Waals surface area contributed by atoms with Gasteiger partial charge in [0.15, 0.2) is 24.0 Å². The Labute approximate surface area is 166 Å². The third-order valence-electron chi connectivity index (χ3n) is 4.68. The Balaban J connectivity index is 2.04. The van der Waals surface area contributed by atoms with Gasteiger partial charge in [-0.1, -0.05) is 0 Å². The van der Waals surface area contributed by atoms with Gasteiger partial charge in [0.25, 0.3) is 0 Å². The minimum absolute atomic E-state index is 0.145. The second-order valence-corrected chi connectivity index (χ2v) is 11.1. The van der Waals surface area contributed by atoms with Crippen molar-refractivity contribution in [2.24, 2.45) is 0 Å². The summed E-state index contributed by atoms with van der Waals surface area (Å²) < 4.78 is 54.7. The summed E-state index contributed by atoms with van der Waals surface area (Å²) in [5, 5.41) is 9.78. The molecule has 0 bridgehead atoms. The van der Waals surface area contributed by atoms with Crippen LogP contribution in [0.25, 0.3) is 0 Å². The molecule has 164 valence electrons. The summed E-state index contributed by atoms with van der Waals surface area (Å²) in [6, 6.07) is 0. The van der Waals surface area contributed by atoms with Gasteiger partial charge in [-0.15, -0.1) is 0 Å². The highest BCUT2D eigenvalue weighted by atomic mass is 31.2. The molecule has 0 spiro atoms. The van der Waals surface area contributed by atoms with Crippen molar-refractivity contribution in [1.82, 2.24) is 0 Å². The van der Waals surface area contributed by atoms with Crippen molar-refractivity contribution in [3.63, 3.8) is 0 Å². The molecule has 0 saturated carbocycles. The van der Waals surface area contributed by atoms with E-state index in [1.165, 1.54) is 0 Å². The summed E-state index contributed by atoms with van der Waals surface area (Å²) in [7, 11) is -4.18. The van der Waals surface area contributed by atoms with E-state index in [9.17, 15) is 9.67 Å². The lowest BCUT2D eigenvalue weighted by Gasteiger charge is -2.40. The molecule has 3 rings (SSSR count). The number of hydrogen-bond donors (Lipinski definition) is 1. The normalized spacial score (nSPS) is 39.8. The lowest BCUT2D eigenvalue weighted by Crippen LogP contribution is -2.54. The molecule has 5 atom stereocenters. The first kappa shape index (κ1) is 22.6. The van der Waals surface area contributed by atoms with E-state index in [2.05, 4.69) is 0 Å². The largest absolute Gasteiger partial charge is 0.373 e. The van der Waals surface area contributed by atoms with Crippen molar-refractivity contribution >= 4 is 7.60 Å². The van der Waals surface area contributed by atoms with Crippen molar-refractivity contribution in [2.75, 3.05) is 6.61 Å². The summed E-state index contributed by atoms with van der Waals surface area (Å²) in [6.45, 7) is 13.9. The van der Waals surface area contributed by atoms with E-state index >= 15 is 0 Å². The number of hydrogen-bond acceptors (Lipinski definition) is 9. The molecule has 3 saturated heterocycles. The second kappa shape index (κ2) is 7.25. The van der Waals surface area contributed by atoms with Gasteiger partial charge in [-0.25, -0.2) is 0 Å². The Morgan fingerprint density at radius 3 is 1.96 bits per heavy atom. The maximum Gasteiger partial charge on any atom is 0.368 e. The van der Waals surface area contributed by atoms with Crippen LogP contribution in [0.15, 0.2) is 0 Å². The zero-order valence-electron chi connectivity index (χ0n) is 17.8. The van der Waals surface area contributed by atoms with Crippen molar-refractivity contribution in [2.45, 2.75) is 109 Å². The summed E-state index contributed by atoms with van der Waals surface area (Å²) >= 11 is 0. The van der Waals surface area contributed by atoms with Gasteiger partial charge >= 0.3 is 7.60 Å². The third kappa shape index (κ3) is 3.94. The van der Waals surface area contributed by atoms with Gasteiger partial charge in [0.1, 0.15) is 12.2 Å². The standard InChI is InChI=1S/C18H33O9P/c1-10(2)26-28(20,27-11(3)4)18(19)13(12-9-21-16(5,6)23-12)22-15-14(18)24-17(7,8)25-15/h10-15,19H,9H2,1-8H3/t12-,13-,14+,15-,18-/m1/s1. The fourth-order valence-corrected chi connectivity index (χ4v) is 6.33. The number of aliphatic hydroxyl groups is 1. The quantitative estimate of drug-likeness (QED) is 0.645. The minimum atomic E-state index is -4.18. The predicted molar refractivity (Wildman–Crippen MR) is 98.6 cm³/mol. The first-order valence-corrected chi connectivity index (χ1v) is 11.3. The molecule has 0 aromatic heterocycles. The van der Waals surface area contributed by atoms with E-state index in [-0.39, 0.29) is 6.61 Å². The summed E-state index contributed by atoms with van der Waals surface area (Å²) in [4.78, 5) is 0. The van der Waals surface area contributed by atoms with Crippen LogP contribution in [-0.2, 0) is 37.3 Å². The molecule has 3 heterocycles. The molecular formula is C18H33O9P. The van der Waals surface area contributed by atoms with Gasteiger partial charge in [0.05, 0.1) is 18.8 Å². The van der Waals surface area contributed by atoms with Crippen LogP contribution in [0.4, 0.5) is 0 Å². The lowest BCUT2D eigenvalue weighted by atomic mass is 10.1. The van der Waals surface area contributed by atoms with Crippen molar-refractivity contribution in [1.29, 1.82) is 0 Å². The molecule has 0 amide bonds. The van der Waals surface area contributed by atoms with Crippen LogP contribution in [-0.4, -0.2) is 65.4 Å². The zero-order chi connectivity index (χ0) is 21.1. The van der Waals surface area contributed by atoms with E-state index in [0.29, 0.717) is 0 Å².